The van der Waals surface area contributed by atoms with E-state index in [2.05, 4.69) is 0 Å². The van der Waals surface area contributed by atoms with E-state index in [9.17, 15) is 9.59 Å². The Labute approximate surface area is 101 Å². The molecule has 0 saturated heterocycles. The Hall–Kier alpha value is -1.84. The first-order valence-corrected chi connectivity index (χ1v) is 5.59. The minimum absolute atomic E-state index is 0.233. The van der Waals surface area contributed by atoms with E-state index < -0.39 is 5.97 Å². The van der Waals surface area contributed by atoms with E-state index in [1.54, 1.807) is 31.2 Å². The maximum absolute atomic E-state index is 11.7. The minimum atomic E-state index is -0.501. The van der Waals surface area contributed by atoms with Crippen LogP contribution in [-0.4, -0.2) is 25.0 Å². The number of carbonyl (C=O) groups is 2. The second-order valence-electron chi connectivity index (χ2n) is 3.37. The molecule has 1 aromatic rings. The van der Waals surface area contributed by atoms with E-state index in [4.69, 9.17) is 9.47 Å². The van der Waals surface area contributed by atoms with E-state index in [1.165, 1.54) is 0 Å². The number of hydrogen-bond donors (Lipinski definition) is 0. The molecular weight excluding hydrogens is 220 g/mol. The van der Waals surface area contributed by atoms with Crippen LogP contribution in [0.4, 0.5) is 0 Å². The lowest BCUT2D eigenvalue weighted by Crippen LogP contribution is -2.11. The zero-order valence-electron chi connectivity index (χ0n) is 10.1. The lowest BCUT2D eigenvalue weighted by Gasteiger charge is -2.05. The molecule has 17 heavy (non-hydrogen) atoms. The molecule has 0 amide bonds. The summed E-state index contributed by atoms with van der Waals surface area (Å²) in [6.07, 6.45) is -0.233. The molecule has 1 aromatic carbocycles. The Morgan fingerprint density at radius 2 is 1.94 bits per heavy atom. The fraction of sp³-hybridized carbons (Fsp3) is 0.385. The zero-order chi connectivity index (χ0) is 12.7. The van der Waals surface area contributed by atoms with Gasteiger partial charge >= 0.3 is 5.97 Å². The molecule has 0 unspecified atom stereocenters. The summed E-state index contributed by atoms with van der Waals surface area (Å²) in [7, 11) is 0. The highest BCUT2D eigenvalue weighted by Gasteiger charge is 2.12. The van der Waals surface area contributed by atoms with Gasteiger partial charge < -0.3 is 9.47 Å². The maximum Gasteiger partial charge on any atom is 0.313 e. The molecule has 0 aliphatic carbocycles. The number of rotatable bonds is 6. The molecule has 0 aliphatic rings. The van der Waals surface area contributed by atoms with Crippen molar-refractivity contribution in [3.05, 3.63) is 29.8 Å². The van der Waals surface area contributed by atoms with Gasteiger partial charge in [0.15, 0.2) is 5.78 Å². The van der Waals surface area contributed by atoms with E-state index in [0.29, 0.717) is 17.9 Å². The Kier molecular flexibility index (Phi) is 5.20. The summed E-state index contributed by atoms with van der Waals surface area (Å²) in [5.74, 6) is -0.133. The SMILES string of the molecule is CCOC(=O)CC(=O)c1cccc(OCC)c1. The van der Waals surface area contributed by atoms with Gasteiger partial charge in [0, 0.05) is 5.56 Å². The number of Topliss-reactive ketones (excluding diaryl/α,β-unsaturated/α-hetero) is 1. The van der Waals surface area contributed by atoms with Gasteiger partial charge in [0.2, 0.25) is 0 Å². The Balaban J connectivity index is 2.68. The van der Waals surface area contributed by atoms with Crippen LogP contribution in [0.1, 0.15) is 30.6 Å². The summed E-state index contributed by atoms with van der Waals surface area (Å²) in [6, 6.07) is 6.78. The molecule has 0 spiro atoms. The van der Waals surface area contributed by atoms with Crippen LogP contribution in [0.25, 0.3) is 0 Å². The fourth-order valence-corrected chi connectivity index (χ4v) is 1.37. The van der Waals surface area contributed by atoms with Crippen LogP contribution in [-0.2, 0) is 9.53 Å². The van der Waals surface area contributed by atoms with Crippen molar-refractivity contribution < 1.29 is 19.1 Å². The summed E-state index contributed by atoms with van der Waals surface area (Å²) < 4.78 is 10.0. The Morgan fingerprint density at radius 3 is 2.59 bits per heavy atom. The highest BCUT2D eigenvalue weighted by Crippen LogP contribution is 2.14. The van der Waals surface area contributed by atoms with Gasteiger partial charge in [-0.1, -0.05) is 12.1 Å². The van der Waals surface area contributed by atoms with Crippen molar-refractivity contribution in [2.75, 3.05) is 13.2 Å². The number of ketones is 1. The number of hydrogen-bond acceptors (Lipinski definition) is 4. The fourth-order valence-electron chi connectivity index (χ4n) is 1.37. The summed E-state index contributed by atoms with van der Waals surface area (Å²) in [6.45, 7) is 4.39. The smallest absolute Gasteiger partial charge is 0.313 e. The first-order chi connectivity index (χ1) is 8.17. The Bertz CT molecular complexity index is 398. The molecule has 0 saturated carbocycles. The first kappa shape index (κ1) is 13.2. The molecule has 0 atom stereocenters. The molecule has 0 fully saturated rings. The summed E-state index contributed by atoms with van der Waals surface area (Å²) in [5, 5.41) is 0. The molecular formula is C13H16O4. The highest BCUT2D eigenvalue weighted by molar-refractivity contribution is 6.06. The van der Waals surface area contributed by atoms with Crippen molar-refractivity contribution in [2.45, 2.75) is 20.3 Å². The second kappa shape index (κ2) is 6.68. The lowest BCUT2D eigenvalue weighted by molar-refractivity contribution is -0.141. The highest BCUT2D eigenvalue weighted by atomic mass is 16.5. The van der Waals surface area contributed by atoms with Gasteiger partial charge in [-0.15, -0.1) is 0 Å². The molecule has 0 radical (unpaired) electrons. The van der Waals surface area contributed by atoms with Crippen molar-refractivity contribution >= 4 is 11.8 Å². The standard InChI is InChI=1S/C13H16O4/c1-3-16-11-7-5-6-10(8-11)12(14)9-13(15)17-4-2/h5-8H,3-4,9H2,1-2H3. The maximum atomic E-state index is 11.7. The van der Waals surface area contributed by atoms with Crippen LogP contribution >= 0.6 is 0 Å². The summed E-state index contributed by atoms with van der Waals surface area (Å²) in [4.78, 5) is 22.9. The molecule has 0 N–H and O–H groups in total. The lowest BCUT2D eigenvalue weighted by atomic mass is 10.1. The van der Waals surface area contributed by atoms with Crippen LogP contribution in [0.2, 0.25) is 0 Å². The summed E-state index contributed by atoms with van der Waals surface area (Å²) >= 11 is 0. The van der Waals surface area contributed by atoms with Crippen LogP contribution in [0.5, 0.6) is 5.75 Å². The molecule has 0 aliphatic heterocycles. The molecule has 92 valence electrons. The largest absolute Gasteiger partial charge is 0.494 e. The van der Waals surface area contributed by atoms with Crippen LogP contribution in [0.3, 0.4) is 0 Å². The normalized spacial score (nSPS) is 9.76. The first-order valence-electron chi connectivity index (χ1n) is 5.59. The van der Waals surface area contributed by atoms with Gasteiger partial charge in [-0.2, -0.15) is 0 Å². The van der Waals surface area contributed by atoms with Crippen molar-refractivity contribution in [2.24, 2.45) is 0 Å². The number of esters is 1. The van der Waals surface area contributed by atoms with Crippen molar-refractivity contribution in [3.8, 4) is 5.75 Å². The van der Waals surface area contributed by atoms with Gasteiger partial charge in [-0.3, -0.25) is 9.59 Å². The monoisotopic (exact) mass is 236 g/mol. The molecule has 4 heteroatoms. The van der Waals surface area contributed by atoms with E-state index >= 15 is 0 Å². The Morgan fingerprint density at radius 1 is 1.18 bits per heavy atom. The van der Waals surface area contributed by atoms with E-state index in [0.717, 1.165) is 0 Å². The van der Waals surface area contributed by atoms with Gasteiger partial charge in [0.25, 0.3) is 0 Å². The minimum Gasteiger partial charge on any atom is -0.494 e. The average molecular weight is 236 g/mol. The van der Waals surface area contributed by atoms with Crippen LogP contribution in [0.15, 0.2) is 24.3 Å². The number of carbonyl (C=O) groups excluding carboxylic acids is 2. The van der Waals surface area contributed by atoms with Gasteiger partial charge in [0.05, 0.1) is 13.2 Å². The zero-order valence-corrected chi connectivity index (χ0v) is 10.1. The van der Waals surface area contributed by atoms with Crippen molar-refractivity contribution in [1.82, 2.24) is 0 Å². The number of ether oxygens (including phenoxy) is 2. The molecule has 0 aromatic heterocycles. The second-order valence-corrected chi connectivity index (χ2v) is 3.37. The van der Waals surface area contributed by atoms with Gasteiger partial charge in [-0.05, 0) is 26.0 Å². The molecule has 0 heterocycles. The van der Waals surface area contributed by atoms with E-state index in [-0.39, 0.29) is 18.8 Å². The van der Waals surface area contributed by atoms with Gasteiger partial charge in [0.1, 0.15) is 12.2 Å². The predicted octanol–water partition coefficient (Wildman–Crippen LogP) is 2.22. The molecule has 0 bridgehead atoms. The molecule has 1 rings (SSSR count). The summed E-state index contributed by atoms with van der Waals surface area (Å²) in [5.41, 5.74) is 0.462. The van der Waals surface area contributed by atoms with Gasteiger partial charge in [-0.25, -0.2) is 0 Å². The van der Waals surface area contributed by atoms with Crippen molar-refractivity contribution in [3.63, 3.8) is 0 Å². The topological polar surface area (TPSA) is 52.6 Å². The van der Waals surface area contributed by atoms with E-state index in [1.807, 2.05) is 6.92 Å². The van der Waals surface area contributed by atoms with Crippen LogP contribution < -0.4 is 4.74 Å². The number of benzene rings is 1. The van der Waals surface area contributed by atoms with Crippen LogP contribution in [0, 0.1) is 0 Å². The molecule has 4 nitrogen and oxygen atoms in total. The quantitative estimate of drug-likeness (QED) is 0.431. The average Bonchev–Trinajstić information content (AvgIpc) is 2.30. The predicted molar refractivity (Wildman–Crippen MR) is 63.2 cm³/mol. The third kappa shape index (κ3) is 4.26. The van der Waals surface area contributed by atoms with Crippen molar-refractivity contribution in [1.29, 1.82) is 0 Å². The third-order valence-corrected chi connectivity index (χ3v) is 2.08. The third-order valence-electron chi connectivity index (χ3n) is 2.08.